The molecule has 1 aliphatic carbocycles. The third-order valence-corrected chi connectivity index (χ3v) is 3.89. The molecule has 4 N–H and O–H groups in total. The van der Waals surface area contributed by atoms with Gasteiger partial charge in [-0.3, -0.25) is 4.79 Å². The van der Waals surface area contributed by atoms with Crippen LogP contribution in [0.25, 0.3) is 0 Å². The van der Waals surface area contributed by atoms with Crippen LogP contribution in [0, 0.1) is 5.82 Å². The number of nitrogens with two attached hydrogens (primary N) is 1. The van der Waals surface area contributed by atoms with Gasteiger partial charge in [-0.05, 0) is 25.0 Å². The minimum absolute atomic E-state index is 0.164. The second-order valence-electron chi connectivity index (χ2n) is 5.56. The lowest BCUT2D eigenvalue weighted by Crippen LogP contribution is -2.42. The van der Waals surface area contributed by atoms with Gasteiger partial charge in [-0.15, -0.1) is 0 Å². The van der Waals surface area contributed by atoms with E-state index in [4.69, 9.17) is 5.73 Å². The van der Waals surface area contributed by atoms with E-state index in [-0.39, 0.29) is 5.56 Å². The van der Waals surface area contributed by atoms with E-state index in [0.717, 1.165) is 31.7 Å². The molecular weight excluding hydrogens is 259 g/mol. The summed E-state index contributed by atoms with van der Waals surface area (Å²) >= 11 is 0. The summed E-state index contributed by atoms with van der Waals surface area (Å²) in [7, 11) is 0. The van der Waals surface area contributed by atoms with Gasteiger partial charge >= 0.3 is 0 Å². The molecule has 1 aromatic carbocycles. The second kappa shape index (κ2) is 6.33. The number of carbonyl (C=O) groups excluding carboxylic acids is 1. The Labute approximate surface area is 118 Å². The second-order valence-corrected chi connectivity index (χ2v) is 5.56. The number of hydrogen-bond donors (Lipinski definition) is 3. The SMILES string of the molecule is NC(=O)c1ccc(CNCC2(O)CCCCC2)c(F)c1. The fourth-order valence-corrected chi connectivity index (χ4v) is 2.66. The van der Waals surface area contributed by atoms with E-state index in [1.54, 1.807) is 6.07 Å². The zero-order chi connectivity index (χ0) is 14.6. The number of carbonyl (C=O) groups is 1. The van der Waals surface area contributed by atoms with Crippen molar-refractivity contribution >= 4 is 5.91 Å². The van der Waals surface area contributed by atoms with Crippen molar-refractivity contribution < 1.29 is 14.3 Å². The Bertz CT molecular complexity index is 485. The van der Waals surface area contributed by atoms with E-state index in [0.29, 0.717) is 18.7 Å². The summed E-state index contributed by atoms with van der Waals surface area (Å²) in [5.41, 5.74) is 5.06. The number of benzene rings is 1. The Morgan fingerprint density at radius 2 is 2.05 bits per heavy atom. The maximum atomic E-state index is 13.8. The standard InChI is InChI=1S/C15H21FN2O2/c16-13-8-11(14(17)19)4-5-12(13)9-18-10-15(20)6-2-1-3-7-15/h4-5,8,18,20H,1-3,6-7,9-10H2,(H2,17,19). The quantitative estimate of drug-likeness (QED) is 0.768. The molecule has 1 aromatic rings. The van der Waals surface area contributed by atoms with Crippen LogP contribution in [0.4, 0.5) is 4.39 Å². The summed E-state index contributed by atoms with van der Waals surface area (Å²) < 4.78 is 13.8. The van der Waals surface area contributed by atoms with Crippen molar-refractivity contribution in [2.24, 2.45) is 5.73 Å². The fourth-order valence-electron chi connectivity index (χ4n) is 2.66. The topological polar surface area (TPSA) is 75.4 Å². The summed E-state index contributed by atoms with van der Waals surface area (Å²) in [6.45, 7) is 0.789. The molecule has 5 heteroatoms. The molecule has 4 nitrogen and oxygen atoms in total. The number of rotatable bonds is 5. The summed E-state index contributed by atoms with van der Waals surface area (Å²) in [4.78, 5) is 10.9. The van der Waals surface area contributed by atoms with Crippen molar-refractivity contribution in [1.29, 1.82) is 0 Å². The van der Waals surface area contributed by atoms with Gasteiger partial charge in [0.05, 0.1) is 5.60 Å². The Kier molecular flexibility index (Phi) is 4.73. The van der Waals surface area contributed by atoms with Crippen molar-refractivity contribution in [2.45, 2.75) is 44.2 Å². The Balaban J connectivity index is 1.89. The molecule has 1 amide bonds. The van der Waals surface area contributed by atoms with E-state index < -0.39 is 17.3 Å². The number of primary amides is 1. The highest BCUT2D eigenvalue weighted by Gasteiger charge is 2.28. The van der Waals surface area contributed by atoms with Crippen LogP contribution in [-0.4, -0.2) is 23.2 Å². The predicted molar refractivity (Wildman–Crippen MR) is 74.7 cm³/mol. The third kappa shape index (κ3) is 3.77. The van der Waals surface area contributed by atoms with Crippen molar-refractivity contribution in [3.05, 3.63) is 35.1 Å². The van der Waals surface area contributed by atoms with E-state index in [1.165, 1.54) is 12.5 Å². The average Bonchev–Trinajstić information content (AvgIpc) is 2.41. The number of halogens is 1. The van der Waals surface area contributed by atoms with Gasteiger partial charge in [0.15, 0.2) is 0 Å². The smallest absolute Gasteiger partial charge is 0.248 e. The van der Waals surface area contributed by atoms with Crippen molar-refractivity contribution in [3.63, 3.8) is 0 Å². The Hall–Kier alpha value is -1.46. The Morgan fingerprint density at radius 1 is 1.35 bits per heavy atom. The maximum Gasteiger partial charge on any atom is 0.248 e. The minimum atomic E-state index is -0.665. The molecule has 0 spiro atoms. The molecule has 0 heterocycles. The number of aliphatic hydroxyl groups is 1. The first-order chi connectivity index (χ1) is 9.50. The van der Waals surface area contributed by atoms with Crippen LogP contribution in [0.1, 0.15) is 48.0 Å². The lowest BCUT2D eigenvalue weighted by Gasteiger charge is -2.32. The molecular formula is C15H21FN2O2. The third-order valence-electron chi connectivity index (χ3n) is 3.89. The first-order valence-corrected chi connectivity index (χ1v) is 7.01. The van der Waals surface area contributed by atoms with Gasteiger partial charge in [-0.2, -0.15) is 0 Å². The molecule has 0 radical (unpaired) electrons. The van der Waals surface area contributed by atoms with Gasteiger partial charge < -0.3 is 16.2 Å². The predicted octanol–water partition coefficient (Wildman–Crippen LogP) is 1.71. The van der Waals surface area contributed by atoms with E-state index in [2.05, 4.69) is 5.32 Å². The van der Waals surface area contributed by atoms with Crippen LogP contribution in [0.2, 0.25) is 0 Å². The highest BCUT2D eigenvalue weighted by atomic mass is 19.1. The van der Waals surface area contributed by atoms with E-state index in [1.807, 2.05) is 0 Å². The summed E-state index contributed by atoms with van der Waals surface area (Å²) in [5, 5.41) is 13.4. The lowest BCUT2D eigenvalue weighted by molar-refractivity contribution is 0.00462. The van der Waals surface area contributed by atoms with Gasteiger partial charge in [0.1, 0.15) is 5.82 Å². The van der Waals surface area contributed by atoms with Crippen LogP contribution in [0.5, 0.6) is 0 Å². The van der Waals surface area contributed by atoms with Crippen LogP contribution in [-0.2, 0) is 6.54 Å². The molecule has 1 saturated carbocycles. The van der Waals surface area contributed by atoms with Crippen LogP contribution < -0.4 is 11.1 Å². The maximum absolute atomic E-state index is 13.8. The van der Waals surface area contributed by atoms with Crippen LogP contribution >= 0.6 is 0 Å². The largest absolute Gasteiger partial charge is 0.389 e. The number of hydrogen-bond acceptors (Lipinski definition) is 3. The zero-order valence-electron chi connectivity index (χ0n) is 11.5. The average molecular weight is 280 g/mol. The molecule has 1 aliphatic rings. The van der Waals surface area contributed by atoms with Crippen LogP contribution in [0.15, 0.2) is 18.2 Å². The van der Waals surface area contributed by atoms with E-state index >= 15 is 0 Å². The Morgan fingerprint density at radius 3 is 2.65 bits per heavy atom. The molecule has 110 valence electrons. The molecule has 1 fully saturated rings. The molecule has 0 aliphatic heterocycles. The van der Waals surface area contributed by atoms with Gasteiger partial charge in [0, 0.05) is 24.2 Å². The lowest BCUT2D eigenvalue weighted by atomic mass is 9.85. The molecule has 2 rings (SSSR count). The normalized spacial score (nSPS) is 17.9. The first kappa shape index (κ1) is 14.9. The molecule has 0 bridgehead atoms. The zero-order valence-corrected chi connectivity index (χ0v) is 11.5. The molecule has 0 aromatic heterocycles. The highest BCUT2D eigenvalue weighted by Crippen LogP contribution is 2.27. The van der Waals surface area contributed by atoms with Crippen molar-refractivity contribution in [3.8, 4) is 0 Å². The fraction of sp³-hybridized carbons (Fsp3) is 0.533. The van der Waals surface area contributed by atoms with E-state index in [9.17, 15) is 14.3 Å². The molecule has 0 unspecified atom stereocenters. The van der Waals surface area contributed by atoms with Gasteiger partial charge in [0.25, 0.3) is 0 Å². The monoisotopic (exact) mass is 280 g/mol. The summed E-state index contributed by atoms with van der Waals surface area (Å²) in [5.74, 6) is -1.09. The molecule has 0 atom stereocenters. The number of nitrogens with one attached hydrogen (secondary N) is 1. The molecule has 0 saturated heterocycles. The molecule has 20 heavy (non-hydrogen) atoms. The van der Waals surface area contributed by atoms with Crippen molar-refractivity contribution in [1.82, 2.24) is 5.32 Å². The summed E-state index contributed by atoms with van der Waals surface area (Å²) in [6, 6.07) is 4.21. The van der Waals surface area contributed by atoms with Gasteiger partial charge in [0.2, 0.25) is 5.91 Å². The van der Waals surface area contributed by atoms with Crippen molar-refractivity contribution in [2.75, 3.05) is 6.54 Å². The van der Waals surface area contributed by atoms with Gasteiger partial charge in [-0.1, -0.05) is 25.3 Å². The summed E-state index contributed by atoms with van der Waals surface area (Å²) in [6.07, 6.45) is 4.84. The van der Waals surface area contributed by atoms with Crippen LogP contribution in [0.3, 0.4) is 0 Å². The first-order valence-electron chi connectivity index (χ1n) is 7.01. The minimum Gasteiger partial charge on any atom is -0.389 e. The van der Waals surface area contributed by atoms with Gasteiger partial charge in [-0.25, -0.2) is 4.39 Å². The number of amides is 1. The highest BCUT2D eigenvalue weighted by molar-refractivity contribution is 5.92.